The highest BCUT2D eigenvalue weighted by molar-refractivity contribution is 5.71. The number of rotatable bonds is 3. The van der Waals surface area contributed by atoms with Crippen molar-refractivity contribution in [3.63, 3.8) is 0 Å². The molecule has 1 aromatic rings. The van der Waals surface area contributed by atoms with E-state index in [2.05, 4.69) is 4.98 Å². The lowest BCUT2D eigenvalue weighted by atomic mass is 9.97. The number of amides is 1. The molecule has 0 saturated carbocycles. The average Bonchev–Trinajstić information content (AvgIpc) is 2.46. The monoisotopic (exact) mass is 264 g/mol. The van der Waals surface area contributed by atoms with Gasteiger partial charge in [-0.15, -0.1) is 0 Å². The molecule has 0 atom stereocenters. The second kappa shape index (κ2) is 6.17. The Kier molecular flexibility index (Phi) is 4.33. The van der Waals surface area contributed by atoms with E-state index in [1.54, 1.807) is 23.2 Å². The molecule has 1 aliphatic heterocycles. The molecule has 102 valence electrons. The summed E-state index contributed by atoms with van der Waals surface area (Å²) in [6, 6.07) is 5.40. The summed E-state index contributed by atoms with van der Waals surface area (Å²) in [5.74, 6) is -1.14. The number of hydrogen-bond donors (Lipinski definition) is 1. The van der Waals surface area contributed by atoms with E-state index < -0.39 is 12.1 Å². The summed E-state index contributed by atoms with van der Waals surface area (Å²) in [7, 11) is 0. The third-order valence-corrected chi connectivity index (χ3v) is 3.17. The average molecular weight is 264 g/mol. The van der Waals surface area contributed by atoms with Crippen LogP contribution in [0.15, 0.2) is 24.4 Å². The van der Waals surface area contributed by atoms with Gasteiger partial charge in [0.05, 0.1) is 11.6 Å². The van der Waals surface area contributed by atoms with Gasteiger partial charge in [-0.2, -0.15) is 0 Å². The second-order valence-corrected chi connectivity index (χ2v) is 4.48. The number of carbonyl (C=O) groups excluding carboxylic acids is 1. The van der Waals surface area contributed by atoms with E-state index in [1.165, 1.54) is 0 Å². The van der Waals surface area contributed by atoms with Crippen LogP contribution in [0.2, 0.25) is 0 Å². The fourth-order valence-corrected chi connectivity index (χ4v) is 2.02. The first-order valence-electron chi connectivity index (χ1n) is 6.21. The number of hydrogen-bond acceptors (Lipinski definition) is 4. The number of carboxylic acid groups (broad SMARTS) is 1. The van der Waals surface area contributed by atoms with E-state index >= 15 is 0 Å². The maximum atomic E-state index is 11.8. The largest absolute Gasteiger partial charge is 0.481 e. The minimum absolute atomic E-state index is 0.137. The van der Waals surface area contributed by atoms with Crippen molar-refractivity contribution in [2.24, 2.45) is 5.92 Å². The predicted molar refractivity (Wildman–Crippen MR) is 66.4 cm³/mol. The summed E-state index contributed by atoms with van der Waals surface area (Å²) in [5, 5.41) is 8.87. The molecule has 1 amide bonds. The second-order valence-electron chi connectivity index (χ2n) is 4.48. The topological polar surface area (TPSA) is 79.7 Å². The van der Waals surface area contributed by atoms with Crippen molar-refractivity contribution in [1.29, 1.82) is 0 Å². The molecule has 1 N–H and O–H groups in total. The molecule has 6 nitrogen and oxygen atoms in total. The summed E-state index contributed by atoms with van der Waals surface area (Å²) in [6.07, 6.45) is 2.19. The molecule has 0 bridgehead atoms. The standard InChI is InChI=1S/C13H16N2O4/c16-12(17)10-4-7-15(8-5-10)13(18)19-9-11-3-1-2-6-14-11/h1-3,6,10H,4-5,7-9H2,(H,16,17). The number of nitrogens with zero attached hydrogens (tertiary/aromatic N) is 2. The summed E-state index contributed by atoms with van der Waals surface area (Å²) in [6.45, 7) is 0.995. The van der Waals surface area contributed by atoms with E-state index in [1.807, 2.05) is 6.07 Å². The van der Waals surface area contributed by atoms with Crippen molar-refractivity contribution >= 4 is 12.1 Å². The first kappa shape index (κ1) is 13.3. The zero-order valence-electron chi connectivity index (χ0n) is 10.5. The van der Waals surface area contributed by atoms with Crippen molar-refractivity contribution in [3.05, 3.63) is 30.1 Å². The number of aliphatic carboxylic acids is 1. The first-order chi connectivity index (χ1) is 9.16. The minimum Gasteiger partial charge on any atom is -0.481 e. The fourth-order valence-electron chi connectivity index (χ4n) is 2.02. The first-order valence-corrected chi connectivity index (χ1v) is 6.21. The third-order valence-electron chi connectivity index (χ3n) is 3.17. The quantitative estimate of drug-likeness (QED) is 0.895. The van der Waals surface area contributed by atoms with Crippen LogP contribution in [0.3, 0.4) is 0 Å². The Bertz CT molecular complexity index is 441. The zero-order valence-corrected chi connectivity index (χ0v) is 10.5. The molecule has 0 unspecified atom stereocenters. The summed E-state index contributed by atoms with van der Waals surface area (Å²) in [5.41, 5.74) is 0.691. The van der Waals surface area contributed by atoms with Gasteiger partial charge in [0, 0.05) is 19.3 Å². The van der Waals surface area contributed by atoms with Crippen LogP contribution in [0.5, 0.6) is 0 Å². The van der Waals surface area contributed by atoms with Gasteiger partial charge in [0.1, 0.15) is 6.61 Å². The molecule has 19 heavy (non-hydrogen) atoms. The van der Waals surface area contributed by atoms with Crippen LogP contribution in [-0.2, 0) is 16.1 Å². The van der Waals surface area contributed by atoms with Crippen LogP contribution in [0.4, 0.5) is 4.79 Å². The Morgan fingerprint density at radius 1 is 1.37 bits per heavy atom. The van der Waals surface area contributed by atoms with Gasteiger partial charge < -0.3 is 14.7 Å². The highest BCUT2D eigenvalue weighted by Gasteiger charge is 2.27. The number of pyridine rings is 1. The molecular formula is C13H16N2O4. The third kappa shape index (κ3) is 3.67. The van der Waals surface area contributed by atoms with Crippen LogP contribution in [-0.4, -0.2) is 40.1 Å². The Hall–Kier alpha value is -2.11. The molecule has 1 saturated heterocycles. The van der Waals surface area contributed by atoms with Crippen LogP contribution < -0.4 is 0 Å². The van der Waals surface area contributed by atoms with Gasteiger partial charge in [0.15, 0.2) is 0 Å². The van der Waals surface area contributed by atoms with Gasteiger partial charge in [-0.1, -0.05) is 6.07 Å². The lowest BCUT2D eigenvalue weighted by Gasteiger charge is -2.29. The smallest absolute Gasteiger partial charge is 0.410 e. The zero-order chi connectivity index (χ0) is 13.7. The van der Waals surface area contributed by atoms with E-state index in [-0.39, 0.29) is 12.5 Å². The highest BCUT2D eigenvalue weighted by Crippen LogP contribution is 2.18. The molecule has 1 aliphatic rings. The van der Waals surface area contributed by atoms with Gasteiger partial charge in [-0.05, 0) is 25.0 Å². The Morgan fingerprint density at radius 2 is 2.11 bits per heavy atom. The normalized spacial score (nSPS) is 16.1. The lowest BCUT2D eigenvalue weighted by Crippen LogP contribution is -2.40. The molecule has 2 rings (SSSR count). The number of ether oxygens (including phenoxy) is 1. The van der Waals surface area contributed by atoms with Crippen molar-refractivity contribution in [2.45, 2.75) is 19.4 Å². The van der Waals surface area contributed by atoms with Gasteiger partial charge in [-0.3, -0.25) is 9.78 Å². The summed E-state index contributed by atoms with van der Waals surface area (Å²) >= 11 is 0. The Labute approximate surface area is 111 Å². The maximum Gasteiger partial charge on any atom is 0.410 e. The molecule has 0 spiro atoms. The summed E-state index contributed by atoms with van der Waals surface area (Å²) < 4.78 is 5.14. The Morgan fingerprint density at radius 3 is 2.68 bits per heavy atom. The molecule has 0 radical (unpaired) electrons. The molecule has 0 aromatic carbocycles. The Balaban J connectivity index is 1.77. The van der Waals surface area contributed by atoms with E-state index in [0.29, 0.717) is 31.6 Å². The van der Waals surface area contributed by atoms with Crippen LogP contribution in [0, 0.1) is 5.92 Å². The van der Waals surface area contributed by atoms with E-state index in [9.17, 15) is 9.59 Å². The van der Waals surface area contributed by atoms with Crippen molar-refractivity contribution in [2.75, 3.05) is 13.1 Å². The fraction of sp³-hybridized carbons (Fsp3) is 0.462. The van der Waals surface area contributed by atoms with Crippen LogP contribution in [0.25, 0.3) is 0 Å². The van der Waals surface area contributed by atoms with E-state index in [4.69, 9.17) is 9.84 Å². The van der Waals surface area contributed by atoms with Gasteiger partial charge in [-0.25, -0.2) is 4.79 Å². The van der Waals surface area contributed by atoms with Crippen molar-refractivity contribution in [3.8, 4) is 0 Å². The van der Waals surface area contributed by atoms with Crippen LogP contribution in [0.1, 0.15) is 18.5 Å². The highest BCUT2D eigenvalue weighted by atomic mass is 16.6. The molecule has 6 heteroatoms. The molecule has 0 aliphatic carbocycles. The minimum atomic E-state index is -0.790. The SMILES string of the molecule is O=C(O)C1CCN(C(=O)OCc2ccccn2)CC1. The van der Waals surface area contributed by atoms with Gasteiger partial charge >= 0.3 is 12.1 Å². The lowest BCUT2D eigenvalue weighted by molar-refractivity contribution is -0.143. The number of carboxylic acids is 1. The molecule has 2 heterocycles. The number of piperidine rings is 1. The van der Waals surface area contributed by atoms with Crippen LogP contribution >= 0.6 is 0 Å². The van der Waals surface area contributed by atoms with Gasteiger partial charge in [0.2, 0.25) is 0 Å². The summed E-state index contributed by atoms with van der Waals surface area (Å²) in [4.78, 5) is 28.2. The van der Waals surface area contributed by atoms with Crippen molar-refractivity contribution < 1.29 is 19.4 Å². The molecule has 1 fully saturated rings. The van der Waals surface area contributed by atoms with Crippen molar-refractivity contribution in [1.82, 2.24) is 9.88 Å². The number of aromatic nitrogens is 1. The molecular weight excluding hydrogens is 248 g/mol. The number of carbonyl (C=O) groups is 2. The van der Waals surface area contributed by atoms with Gasteiger partial charge in [0.25, 0.3) is 0 Å². The maximum absolute atomic E-state index is 11.8. The van der Waals surface area contributed by atoms with E-state index in [0.717, 1.165) is 0 Å². The number of likely N-dealkylation sites (tertiary alicyclic amines) is 1. The predicted octanol–water partition coefficient (Wildman–Crippen LogP) is 1.51. The molecule has 1 aromatic heterocycles.